The first-order valence-corrected chi connectivity index (χ1v) is 20.7. The largest absolute Gasteiger partial charge is 0.311 e. The maximum Gasteiger partial charge on any atom is 0.0731 e. The van der Waals surface area contributed by atoms with Gasteiger partial charge < -0.3 is 4.90 Å². The average molecular weight is 764 g/mol. The molecule has 1 heteroatoms. The van der Waals surface area contributed by atoms with E-state index in [1.165, 1.54) is 83.1 Å². The molecule has 0 heterocycles. The maximum absolute atomic E-state index is 4.07. The molecule has 11 rings (SSSR count). The van der Waals surface area contributed by atoms with Crippen molar-refractivity contribution in [2.75, 3.05) is 4.90 Å². The third-order valence-electron chi connectivity index (χ3n) is 12.5. The van der Waals surface area contributed by atoms with Crippen molar-refractivity contribution >= 4 is 39.0 Å². The summed E-state index contributed by atoms with van der Waals surface area (Å²) >= 11 is 0. The molecule has 2 aliphatic carbocycles. The Morgan fingerprint density at radius 1 is 0.367 bits per heavy atom. The van der Waals surface area contributed by atoms with E-state index in [1.807, 2.05) is 6.08 Å². The quantitative estimate of drug-likeness (QED) is 0.139. The lowest BCUT2D eigenvalue weighted by molar-refractivity contribution is 0.842. The zero-order valence-corrected chi connectivity index (χ0v) is 33.2. The van der Waals surface area contributed by atoms with Crippen LogP contribution < -0.4 is 4.90 Å². The number of anilines is 3. The van der Waals surface area contributed by atoms with Crippen LogP contribution >= 0.6 is 0 Å². The molecule has 9 aromatic carbocycles. The van der Waals surface area contributed by atoms with Crippen LogP contribution in [-0.2, 0) is 5.41 Å². The Morgan fingerprint density at radius 3 is 1.43 bits per heavy atom. The van der Waals surface area contributed by atoms with Crippen LogP contribution in [0, 0.1) is 0 Å². The Labute approximate surface area is 352 Å². The molecule has 1 nitrogen and oxygen atoms in total. The van der Waals surface area contributed by atoms with Crippen molar-refractivity contribution in [1.82, 2.24) is 0 Å². The van der Waals surface area contributed by atoms with Gasteiger partial charge in [-0.05, 0) is 120 Å². The van der Waals surface area contributed by atoms with Crippen LogP contribution in [0.2, 0.25) is 0 Å². The first-order valence-electron chi connectivity index (χ1n) is 20.7. The van der Waals surface area contributed by atoms with Crippen LogP contribution in [0.25, 0.3) is 55.3 Å². The summed E-state index contributed by atoms with van der Waals surface area (Å²) < 4.78 is 0. The number of fused-ring (bicyclic) bond motifs is 8. The molecule has 2 aliphatic rings. The van der Waals surface area contributed by atoms with Crippen LogP contribution in [0.15, 0.2) is 243 Å². The molecule has 0 atom stereocenters. The fourth-order valence-corrected chi connectivity index (χ4v) is 9.95. The van der Waals surface area contributed by atoms with Crippen molar-refractivity contribution in [3.8, 4) is 33.4 Å². The zero-order valence-electron chi connectivity index (χ0n) is 33.2. The van der Waals surface area contributed by atoms with Gasteiger partial charge in [0.05, 0.1) is 5.41 Å². The molecular weight excluding hydrogens is 723 g/mol. The van der Waals surface area contributed by atoms with E-state index < -0.39 is 5.41 Å². The van der Waals surface area contributed by atoms with E-state index in [0.717, 1.165) is 17.1 Å². The molecule has 282 valence electrons. The lowest BCUT2D eigenvalue weighted by Gasteiger charge is -2.33. The molecule has 0 aromatic heterocycles. The van der Waals surface area contributed by atoms with Crippen LogP contribution in [0.3, 0.4) is 0 Å². The number of allylic oxidation sites excluding steroid dienone is 5. The topological polar surface area (TPSA) is 3.24 Å². The molecule has 0 unspecified atom stereocenters. The Kier molecular flexibility index (Phi) is 8.60. The van der Waals surface area contributed by atoms with Gasteiger partial charge in [-0.1, -0.05) is 207 Å². The van der Waals surface area contributed by atoms with E-state index in [-0.39, 0.29) is 0 Å². The SMILES string of the molecule is C=C/C=C\C1=C(c2ccc(N(c3ccc(-c4ccccc4)cc3)c3ccc(-c4cccc5ccccc45)cc3)cc2)C2(c3ccccc31)c1ccccc1-c1ccccc12. The van der Waals surface area contributed by atoms with Gasteiger partial charge in [0.2, 0.25) is 0 Å². The van der Waals surface area contributed by atoms with Gasteiger partial charge in [0, 0.05) is 17.1 Å². The van der Waals surface area contributed by atoms with Crippen molar-refractivity contribution in [1.29, 1.82) is 0 Å². The van der Waals surface area contributed by atoms with Crippen molar-refractivity contribution in [3.05, 3.63) is 271 Å². The third-order valence-corrected chi connectivity index (χ3v) is 12.5. The van der Waals surface area contributed by atoms with Crippen molar-refractivity contribution in [2.45, 2.75) is 5.41 Å². The lowest BCUT2D eigenvalue weighted by atomic mass is 9.68. The van der Waals surface area contributed by atoms with Gasteiger partial charge in [-0.3, -0.25) is 0 Å². The van der Waals surface area contributed by atoms with Gasteiger partial charge in [-0.25, -0.2) is 0 Å². The Hall–Kier alpha value is -7.74. The van der Waals surface area contributed by atoms with E-state index in [2.05, 4.69) is 242 Å². The Bertz CT molecular complexity index is 3080. The summed E-state index contributed by atoms with van der Waals surface area (Å²) in [5.74, 6) is 0. The number of hydrogen-bond acceptors (Lipinski definition) is 1. The second-order valence-corrected chi connectivity index (χ2v) is 15.6. The Balaban J connectivity index is 1.07. The van der Waals surface area contributed by atoms with Crippen LogP contribution in [-0.4, -0.2) is 0 Å². The molecule has 0 bridgehead atoms. The minimum Gasteiger partial charge on any atom is -0.311 e. The highest BCUT2D eigenvalue weighted by molar-refractivity contribution is 6.12. The second-order valence-electron chi connectivity index (χ2n) is 15.6. The van der Waals surface area contributed by atoms with Crippen LogP contribution in [0.1, 0.15) is 27.8 Å². The molecular formula is C59H41N. The first kappa shape index (κ1) is 35.4. The summed E-state index contributed by atoms with van der Waals surface area (Å²) in [7, 11) is 0. The fraction of sp³-hybridized carbons (Fsp3) is 0.0169. The lowest BCUT2D eigenvalue weighted by Crippen LogP contribution is -2.26. The second kappa shape index (κ2) is 14.6. The van der Waals surface area contributed by atoms with Gasteiger partial charge in [0.15, 0.2) is 0 Å². The van der Waals surface area contributed by atoms with E-state index in [9.17, 15) is 0 Å². The van der Waals surface area contributed by atoms with E-state index in [1.54, 1.807) is 0 Å². The average Bonchev–Trinajstić information content (AvgIpc) is 3.79. The first-order chi connectivity index (χ1) is 29.7. The molecule has 0 N–H and O–H groups in total. The normalized spacial score (nSPS) is 13.4. The molecule has 1 spiro atoms. The molecule has 0 aliphatic heterocycles. The minimum absolute atomic E-state index is 0.476. The molecule has 0 saturated heterocycles. The molecule has 9 aromatic rings. The number of rotatable bonds is 8. The summed E-state index contributed by atoms with van der Waals surface area (Å²) in [5.41, 5.74) is 19.1. The van der Waals surface area contributed by atoms with Gasteiger partial charge in [-0.2, -0.15) is 0 Å². The van der Waals surface area contributed by atoms with Crippen molar-refractivity contribution < 1.29 is 0 Å². The third kappa shape index (κ3) is 5.55. The zero-order chi connectivity index (χ0) is 40.0. The van der Waals surface area contributed by atoms with Gasteiger partial charge in [0.25, 0.3) is 0 Å². The van der Waals surface area contributed by atoms with Gasteiger partial charge in [0.1, 0.15) is 0 Å². The maximum atomic E-state index is 4.07. The molecule has 0 radical (unpaired) electrons. The van der Waals surface area contributed by atoms with E-state index >= 15 is 0 Å². The number of hydrogen-bond donors (Lipinski definition) is 0. The summed E-state index contributed by atoms with van der Waals surface area (Å²) in [4.78, 5) is 2.37. The smallest absolute Gasteiger partial charge is 0.0731 e. The highest BCUT2D eigenvalue weighted by Crippen LogP contribution is 2.64. The van der Waals surface area contributed by atoms with Crippen LogP contribution in [0.4, 0.5) is 17.1 Å². The molecule has 0 saturated carbocycles. The molecule has 60 heavy (non-hydrogen) atoms. The minimum atomic E-state index is -0.476. The van der Waals surface area contributed by atoms with E-state index in [0.29, 0.717) is 0 Å². The number of nitrogens with zero attached hydrogens (tertiary/aromatic N) is 1. The predicted molar refractivity (Wildman–Crippen MR) is 254 cm³/mol. The standard InChI is InChI=1S/C59H41N/c1-2-3-20-54-53-24-11-14-28-57(53)59(55-26-12-9-22-51(55)52-23-10-13-27-56(52)59)58(54)45-33-39-48(40-34-45)60(46-35-29-42(30-36-46)41-16-5-4-6-17-41)47-37-31-44(32-38-47)50-25-15-19-43-18-7-8-21-49(43)50/h2-40H,1H2/b20-3-. The predicted octanol–water partition coefficient (Wildman–Crippen LogP) is 15.6. The number of benzene rings is 9. The van der Waals surface area contributed by atoms with Crippen molar-refractivity contribution in [2.24, 2.45) is 0 Å². The molecule has 0 amide bonds. The Morgan fingerprint density at radius 2 is 0.817 bits per heavy atom. The van der Waals surface area contributed by atoms with Gasteiger partial charge >= 0.3 is 0 Å². The van der Waals surface area contributed by atoms with E-state index in [4.69, 9.17) is 0 Å². The summed E-state index contributed by atoms with van der Waals surface area (Å²) in [6, 6.07) is 79.9. The molecule has 0 fully saturated rings. The van der Waals surface area contributed by atoms with Gasteiger partial charge in [-0.15, -0.1) is 0 Å². The summed E-state index contributed by atoms with van der Waals surface area (Å²) in [6.45, 7) is 4.07. The fourth-order valence-electron chi connectivity index (χ4n) is 9.95. The summed E-state index contributed by atoms with van der Waals surface area (Å²) in [5, 5.41) is 2.50. The summed E-state index contributed by atoms with van der Waals surface area (Å²) in [6.07, 6.45) is 6.21. The highest BCUT2D eigenvalue weighted by atomic mass is 15.1. The van der Waals surface area contributed by atoms with Crippen molar-refractivity contribution in [3.63, 3.8) is 0 Å². The monoisotopic (exact) mass is 763 g/mol. The highest BCUT2D eigenvalue weighted by Gasteiger charge is 2.52. The van der Waals surface area contributed by atoms with Crippen LogP contribution in [0.5, 0.6) is 0 Å².